The van der Waals surface area contributed by atoms with E-state index in [0.717, 1.165) is 16.8 Å². The predicted octanol–water partition coefficient (Wildman–Crippen LogP) is 3.81. The highest BCUT2D eigenvalue weighted by Gasteiger charge is 2.28. The molecule has 6 nitrogen and oxygen atoms in total. The Hall–Kier alpha value is -3.02. The third-order valence-electron chi connectivity index (χ3n) is 5.27. The summed E-state index contributed by atoms with van der Waals surface area (Å²) in [6.45, 7) is 5.14. The van der Waals surface area contributed by atoms with Gasteiger partial charge in [0.1, 0.15) is 0 Å². The van der Waals surface area contributed by atoms with Crippen LogP contribution in [0.3, 0.4) is 0 Å². The van der Waals surface area contributed by atoms with E-state index in [1.807, 2.05) is 26.0 Å². The van der Waals surface area contributed by atoms with E-state index in [-0.39, 0.29) is 17.7 Å². The Morgan fingerprint density at radius 2 is 1.55 bits per heavy atom. The second kappa shape index (κ2) is 8.99. The molecule has 0 aromatic heterocycles. The number of methoxy groups -OCH3 is 2. The number of nitrogens with one attached hydrogen (secondary N) is 1. The van der Waals surface area contributed by atoms with E-state index < -0.39 is 0 Å². The van der Waals surface area contributed by atoms with Crippen LogP contribution in [0.2, 0.25) is 0 Å². The van der Waals surface area contributed by atoms with Gasteiger partial charge < -0.3 is 19.7 Å². The highest BCUT2D eigenvalue weighted by atomic mass is 16.5. The van der Waals surface area contributed by atoms with Crippen molar-refractivity contribution in [3.05, 3.63) is 53.1 Å². The molecule has 1 aliphatic heterocycles. The maximum absolute atomic E-state index is 12.8. The Morgan fingerprint density at radius 1 is 0.931 bits per heavy atom. The van der Waals surface area contributed by atoms with Gasteiger partial charge >= 0.3 is 0 Å². The number of hydrogen-bond donors (Lipinski definition) is 1. The summed E-state index contributed by atoms with van der Waals surface area (Å²) in [6, 6.07) is 11.2. The molecule has 0 radical (unpaired) electrons. The molecule has 29 heavy (non-hydrogen) atoms. The Kier molecular flexibility index (Phi) is 6.42. The van der Waals surface area contributed by atoms with Crippen LogP contribution in [-0.4, -0.2) is 44.0 Å². The molecule has 1 N–H and O–H groups in total. The summed E-state index contributed by atoms with van der Waals surface area (Å²) in [7, 11) is 3.11. The number of likely N-dealkylation sites (tertiary alicyclic amines) is 1. The highest BCUT2D eigenvalue weighted by Crippen LogP contribution is 2.29. The average molecular weight is 396 g/mol. The van der Waals surface area contributed by atoms with Crippen LogP contribution >= 0.6 is 0 Å². The Labute approximate surface area is 171 Å². The first-order valence-electron chi connectivity index (χ1n) is 9.81. The molecule has 3 rings (SSSR count). The van der Waals surface area contributed by atoms with Gasteiger partial charge in [0.2, 0.25) is 5.91 Å². The molecule has 6 heteroatoms. The fraction of sp³-hybridized carbons (Fsp3) is 0.391. The van der Waals surface area contributed by atoms with Crippen molar-refractivity contribution in [2.45, 2.75) is 26.7 Å². The normalized spacial score (nSPS) is 14.4. The van der Waals surface area contributed by atoms with Crippen molar-refractivity contribution < 1.29 is 19.1 Å². The lowest BCUT2D eigenvalue weighted by molar-refractivity contribution is -0.121. The number of nitrogens with zero attached hydrogens (tertiary/aromatic N) is 1. The molecular formula is C23H28N2O4. The quantitative estimate of drug-likeness (QED) is 0.834. The van der Waals surface area contributed by atoms with Crippen LogP contribution in [0.1, 0.15) is 34.3 Å². The van der Waals surface area contributed by atoms with Gasteiger partial charge in [-0.2, -0.15) is 0 Å². The van der Waals surface area contributed by atoms with Gasteiger partial charge in [0.25, 0.3) is 5.91 Å². The number of piperidine rings is 1. The van der Waals surface area contributed by atoms with Crippen LogP contribution in [0, 0.1) is 19.8 Å². The smallest absolute Gasteiger partial charge is 0.253 e. The molecule has 1 aliphatic rings. The molecule has 0 aliphatic carbocycles. The van der Waals surface area contributed by atoms with E-state index in [1.54, 1.807) is 37.3 Å². The number of aryl methyl sites for hydroxylation is 2. The summed E-state index contributed by atoms with van der Waals surface area (Å²) < 4.78 is 10.5. The summed E-state index contributed by atoms with van der Waals surface area (Å²) in [5.74, 6) is 0.990. The summed E-state index contributed by atoms with van der Waals surface area (Å²) in [5, 5.41) is 3.02. The first-order chi connectivity index (χ1) is 13.9. The second-order valence-electron chi connectivity index (χ2n) is 7.50. The topological polar surface area (TPSA) is 67.9 Å². The van der Waals surface area contributed by atoms with Crippen LogP contribution in [-0.2, 0) is 4.79 Å². The molecule has 0 unspecified atom stereocenters. The second-order valence-corrected chi connectivity index (χ2v) is 7.50. The number of ether oxygens (including phenoxy) is 2. The molecule has 2 aromatic rings. The molecular weight excluding hydrogens is 368 g/mol. The number of amides is 2. The molecule has 0 spiro atoms. The van der Waals surface area contributed by atoms with Crippen molar-refractivity contribution in [3.63, 3.8) is 0 Å². The third kappa shape index (κ3) is 4.88. The van der Waals surface area contributed by atoms with Crippen molar-refractivity contribution in [1.29, 1.82) is 0 Å². The van der Waals surface area contributed by atoms with Crippen LogP contribution in [0.15, 0.2) is 36.4 Å². The zero-order valence-electron chi connectivity index (χ0n) is 17.5. The molecule has 1 heterocycles. The molecule has 0 saturated carbocycles. The molecule has 1 saturated heterocycles. The van der Waals surface area contributed by atoms with Gasteiger partial charge in [0.05, 0.1) is 14.2 Å². The van der Waals surface area contributed by atoms with E-state index in [2.05, 4.69) is 11.4 Å². The standard InChI is InChI=1S/C23H28N2O4/c1-15-11-16(2)13-19(12-15)24-22(26)17-7-9-25(10-8-17)23(27)18-5-6-20(28-3)21(14-18)29-4/h5-6,11-14,17H,7-10H2,1-4H3,(H,24,26). The van der Waals surface area contributed by atoms with Crippen LogP contribution in [0.4, 0.5) is 5.69 Å². The number of carbonyl (C=O) groups is 2. The number of carbonyl (C=O) groups excluding carboxylic acids is 2. The molecule has 0 bridgehead atoms. The Bertz CT molecular complexity index is 881. The zero-order valence-corrected chi connectivity index (χ0v) is 17.5. The molecule has 1 fully saturated rings. The van der Waals surface area contributed by atoms with E-state index in [0.29, 0.717) is 43.0 Å². The van der Waals surface area contributed by atoms with Crippen molar-refractivity contribution in [1.82, 2.24) is 4.90 Å². The Morgan fingerprint density at radius 3 is 2.14 bits per heavy atom. The van der Waals surface area contributed by atoms with Gasteiger partial charge in [0.15, 0.2) is 11.5 Å². The van der Waals surface area contributed by atoms with Gasteiger partial charge in [-0.25, -0.2) is 0 Å². The van der Waals surface area contributed by atoms with E-state index in [4.69, 9.17) is 9.47 Å². The van der Waals surface area contributed by atoms with Gasteiger partial charge in [-0.1, -0.05) is 6.07 Å². The third-order valence-corrected chi connectivity index (χ3v) is 5.27. The summed E-state index contributed by atoms with van der Waals surface area (Å²) in [6.07, 6.45) is 1.30. The Balaban J connectivity index is 1.59. The lowest BCUT2D eigenvalue weighted by Crippen LogP contribution is -2.41. The first kappa shape index (κ1) is 20.7. The van der Waals surface area contributed by atoms with Gasteiger partial charge in [-0.15, -0.1) is 0 Å². The fourth-order valence-electron chi connectivity index (χ4n) is 3.79. The maximum Gasteiger partial charge on any atom is 0.253 e. The molecule has 154 valence electrons. The number of hydrogen-bond acceptors (Lipinski definition) is 4. The number of rotatable bonds is 5. The molecule has 0 atom stereocenters. The fourth-order valence-corrected chi connectivity index (χ4v) is 3.79. The summed E-state index contributed by atoms with van der Waals surface area (Å²) >= 11 is 0. The van der Waals surface area contributed by atoms with Gasteiger partial charge in [0, 0.05) is 30.3 Å². The number of anilines is 1. The minimum absolute atomic E-state index is 0.0215. The minimum Gasteiger partial charge on any atom is -0.493 e. The van der Waals surface area contributed by atoms with Crippen molar-refractivity contribution >= 4 is 17.5 Å². The zero-order chi connectivity index (χ0) is 21.0. The number of benzene rings is 2. The van der Waals surface area contributed by atoms with Gasteiger partial charge in [-0.05, 0) is 68.1 Å². The maximum atomic E-state index is 12.8. The van der Waals surface area contributed by atoms with E-state index in [1.165, 1.54) is 0 Å². The van der Waals surface area contributed by atoms with Crippen LogP contribution in [0.5, 0.6) is 11.5 Å². The minimum atomic E-state index is -0.0923. The monoisotopic (exact) mass is 396 g/mol. The SMILES string of the molecule is COc1ccc(C(=O)N2CCC(C(=O)Nc3cc(C)cc(C)c3)CC2)cc1OC. The highest BCUT2D eigenvalue weighted by molar-refractivity contribution is 5.96. The van der Waals surface area contributed by atoms with E-state index >= 15 is 0 Å². The van der Waals surface area contributed by atoms with E-state index in [9.17, 15) is 9.59 Å². The van der Waals surface area contributed by atoms with Crippen molar-refractivity contribution in [2.24, 2.45) is 5.92 Å². The lowest BCUT2D eigenvalue weighted by atomic mass is 9.95. The van der Waals surface area contributed by atoms with Crippen molar-refractivity contribution in [2.75, 3.05) is 32.6 Å². The predicted molar refractivity (Wildman–Crippen MR) is 113 cm³/mol. The van der Waals surface area contributed by atoms with Crippen LogP contribution in [0.25, 0.3) is 0 Å². The molecule has 2 aromatic carbocycles. The van der Waals surface area contributed by atoms with Crippen molar-refractivity contribution in [3.8, 4) is 11.5 Å². The van der Waals surface area contributed by atoms with Crippen LogP contribution < -0.4 is 14.8 Å². The largest absolute Gasteiger partial charge is 0.493 e. The first-order valence-corrected chi connectivity index (χ1v) is 9.81. The average Bonchev–Trinajstić information content (AvgIpc) is 2.72. The summed E-state index contributed by atoms with van der Waals surface area (Å²) in [4.78, 5) is 27.3. The van der Waals surface area contributed by atoms with Gasteiger partial charge in [-0.3, -0.25) is 9.59 Å². The summed E-state index contributed by atoms with van der Waals surface area (Å²) in [5.41, 5.74) is 3.63. The molecule has 2 amide bonds. The lowest BCUT2D eigenvalue weighted by Gasteiger charge is -2.31.